The molecular formula is C10H14N2O4S. The zero-order valence-corrected chi connectivity index (χ0v) is 10.1. The second-order valence-corrected chi connectivity index (χ2v) is 4.87. The Kier molecular flexibility index (Phi) is 4.47. The first kappa shape index (κ1) is 13.5. The average molecular weight is 258 g/mol. The fraction of sp³-hybridized carbons (Fsp3) is 0.300. The van der Waals surface area contributed by atoms with Crippen LogP contribution in [0.15, 0.2) is 24.3 Å². The Labute approximate surface area is 99.8 Å². The standard InChI is InChI=1S/C10H14N2O4S/c1-2-11-17(15,16)12-9-5-3-4-8(6-9)7-10(13)14/h3-6,11-12H,2,7H2,1H3,(H,13,14). The highest BCUT2D eigenvalue weighted by atomic mass is 32.2. The van der Waals surface area contributed by atoms with Gasteiger partial charge in [0.25, 0.3) is 10.2 Å². The first-order valence-corrected chi connectivity index (χ1v) is 6.49. The van der Waals surface area contributed by atoms with E-state index in [9.17, 15) is 13.2 Å². The topological polar surface area (TPSA) is 95.5 Å². The summed E-state index contributed by atoms with van der Waals surface area (Å²) in [6.45, 7) is 1.95. The Morgan fingerprint density at radius 3 is 2.71 bits per heavy atom. The molecule has 3 N–H and O–H groups in total. The zero-order valence-electron chi connectivity index (χ0n) is 9.30. The van der Waals surface area contributed by atoms with Gasteiger partial charge < -0.3 is 5.11 Å². The van der Waals surface area contributed by atoms with Crippen LogP contribution in [0.2, 0.25) is 0 Å². The lowest BCUT2D eigenvalue weighted by Crippen LogP contribution is -2.29. The number of carbonyl (C=O) groups is 1. The van der Waals surface area contributed by atoms with Crippen molar-refractivity contribution in [1.82, 2.24) is 4.72 Å². The molecule has 0 fully saturated rings. The molecule has 0 aliphatic carbocycles. The highest BCUT2D eigenvalue weighted by Gasteiger charge is 2.08. The van der Waals surface area contributed by atoms with E-state index in [1.165, 1.54) is 6.07 Å². The summed E-state index contributed by atoms with van der Waals surface area (Å²) < 4.78 is 27.4. The van der Waals surface area contributed by atoms with Crippen LogP contribution in [0.5, 0.6) is 0 Å². The van der Waals surface area contributed by atoms with E-state index in [0.717, 1.165) is 0 Å². The van der Waals surface area contributed by atoms with Gasteiger partial charge in [-0.3, -0.25) is 9.52 Å². The molecule has 1 rings (SSSR count). The molecule has 94 valence electrons. The molecule has 1 aromatic rings. The van der Waals surface area contributed by atoms with Crippen molar-refractivity contribution in [3.05, 3.63) is 29.8 Å². The predicted octanol–water partition coefficient (Wildman–Crippen LogP) is 0.580. The van der Waals surface area contributed by atoms with Crippen LogP contribution < -0.4 is 9.44 Å². The third-order valence-electron chi connectivity index (χ3n) is 1.87. The highest BCUT2D eigenvalue weighted by molar-refractivity contribution is 7.90. The Hall–Kier alpha value is -1.60. The summed E-state index contributed by atoms with van der Waals surface area (Å²) in [5.74, 6) is -0.961. The lowest BCUT2D eigenvalue weighted by Gasteiger charge is -2.08. The van der Waals surface area contributed by atoms with Gasteiger partial charge in [-0.1, -0.05) is 19.1 Å². The molecule has 0 radical (unpaired) electrons. The molecular weight excluding hydrogens is 244 g/mol. The molecule has 7 heteroatoms. The van der Waals surface area contributed by atoms with Gasteiger partial charge in [-0.25, -0.2) is 0 Å². The van der Waals surface area contributed by atoms with Gasteiger partial charge in [0.15, 0.2) is 0 Å². The molecule has 1 aromatic carbocycles. The maximum atomic E-state index is 11.4. The summed E-state index contributed by atoms with van der Waals surface area (Å²) in [5.41, 5.74) is 0.874. The van der Waals surface area contributed by atoms with Gasteiger partial charge >= 0.3 is 5.97 Å². The summed E-state index contributed by atoms with van der Waals surface area (Å²) in [6.07, 6.45) is -0.142. The lowest BCUT2D eigenvalue weighted by atomic mass is 10.1. The van der Waals surface area contributed by atoms with Crippen molar-refractivity contribution in [2.75, 3.05) is 11.3 Å². The maximum absolute atomic E-state index is 11.4. The van der Waals surface area contributed by atoms with E-state index in [2.05, 4.69) is 9.44 Å². The molecule has 0 aliphatic heterocycles. The largest absolute Gasteiger partial charge is 0.481 e. The molecule has 0 amide bonds. The summed E-state index contributed by atoms with van der Waals surface area (Å²) in [7, 11) is -3.58. The number of rotatable bonds is 6. The van der Waals surface area contributed by atoms with E-state index in [1.54, 1.807) is 25.1 Å². The minimum absolute atomic E-state index is 0.142. The van der Waals surface area contributed by atoms with Crippen LogP contribution >= 0.6 is 0 Å². The molecule has 17 heavy (non-hydrogen) atoms. The van der Waals surface area contributed by atoms with Crippen molar-refractivity contribution in [2.24, 2.45) is 0 Å². The Morgan fingerprint density at radius 2 is 2.12 bits per heavy atom. The molecule has 0 atom stereocenters. The van der Waals surface area contributed by atoms with Crippen molar-refractivity contribution in [2.45, 2.75) is 13.3 Å². The molecule has 0 saturated heterocycles. The molecule has 0 aliphatic rings. The first-order chi connectivity index (χ1) is 7.93. The molecule has 0 saturated carbocycles. The van der Waals surface area contributed by atoms with E-state index in [-0.39, 0.29) is 13.0 Å². The van der Waals surface area contributed by atoms with Crippen LogP contribution in [0, 0.1) is 0 Å². The van der Waals surface area contributed by atoms with Gasteiger partial charge in [0, 0.05) is 6.54 Å². The molecule has 6 nitrogen and oxygen atoms in total. The third-order valence-corrected chi connectivity index (χ3v) is 3.04. The Bertz CT molecular complexity index is 499. The average Bonchev–Trinajstić information content (AvgIpc) is 2.15. The monoisotopic (exact) mass is 258 g/mol. The number of anilines is 1. The molecule has 0 spiro atoms. The van der Waals surface area contributed by atoms with Gasteiger partial charge in [0.2, 0.25) is 0 Å². The Balaban J connectivity index is 2.82. The number of hydrogen-bond acceptors (Lipinski definition) is 3. The predicted molar refractivity (Wildman–Crippen MR) is 64.0 cm³/mol. The van der Waals surface area contributed by atoms with Gasteiger partial charge in [0.1, 0.15) is 0 Å². The first-order valence-electron chi connectivity index (χ1n) is 5.01. The van der Waals surface area contributed by atoms with Crippen LogP contribution in [-0.2, 0) is 21.4 Å². The van der Waals surface area contributed by atoms with E-state index < -0.39 is 16.2 Å². The number of benzene rings is 1. The number of carboxylic acids is 1. The van der Waals surface area contributed by atoms with Crippen LogP contribution in [0.4, 0.5) is 5.69 Å². The quantitative estimate of drug-likeness (QED) is 0.695. The van der Waals surface area contributed by atoms with Gasteiger partial charge in [-0.2, -0.15) is 13.1 Å². The lowest BCUT2D eigenvalue weighted by molar-refractivity contribution is -0.136. The second kappa shape index (κ2) is 5.65. The van der Waals surface area contributed by atoms with E-state index in [0.29, 0.717) is 11.3 Å². The van der Waals surface area contributed by atoms with Crippen LogP contribution in [0.25, 0.3) is 0 Å². The minimum atomic E-state index is -3.58. The second-order valence-electron chi connectivity index (χ2n) is 3.37. The van der Waals surface area contributed by atoms with Gasteiger partial charge in [0.05, 0.1) is 12.1 Å². The normalized spacial score (nSPS) is 11.1. The van der Waals surface area contributed by atoms with Crippen molar-refractivity contribution in [1.29, 1.82) is 0 Å². The van der Waals surface area contributed by atoms with Crippen molar-refractivity contribution >= 4 is 21.9 Å². The summed E-state index contributed by atoms with van der Waals surface area (Å²) in [5, 5.41) is 8.62. The minimum Gasteiger partial charge on any atom is -0.481 e. The molecule has 0 heterocycles. The molecule has 0 unspecified atom stereocenters. The number of nitrogens with one attached hydrogen (secondary N) is 2. The fourth-order valence-electron chi connectivity index (χ4n) is 1.30. The molecule has 0 bridgehead atoms. The smallest absolute Gasteiger partial charge is 0.307 e. The van der Waals surface area contributed by atoms with E-state index >= 15 is 0 Å². The SMILES string of the molecule is CCNS(=O)(=O)Nc1cccc(CC(=O)O)c1. The summed E-state index contributed by atoms with van der Waals surface area (Å²) in [4.78, 5) is 10.5. The van der Waals surface area contributed by atoms with Crippen molar-refractivity contribution in [3.63, 3.8) is 0 Å². The van der Waals surface area contributed by atoms with E-state index in [4.69, 9.17) is 5.11 Å². The summed E-state index contributed by atoms with van der Waals surface area (Å²) in [6, 6.07) is 6.27. The third kappa shape index (κ3) is 4.83. The van der Waals surface area contributed by atoms with Crippen molar-refractivity contribution < 1.29 is 18.3 Å². The fourth-order valence-corrected chi connectivity index (χ4v) is 2.19. The summed E-state index contributed by atoms with van der Waals surface area (Å²) >= 11 is 0. The zero-order chi connectivity index (χ0) is 12.9. The maximum Gasteiger partial charge on any atom is 0.307 e. The van der Waals surface area contributed by atoms with Gasteiger partial charge in [-0.15, -0.1) is 0 Å². The van der Waals surface area contributed by atoms with Crippen LogP contribution in [-0.4, -0.2) is 26.0 Å². The molecule has 0 aromatic heterocycles. The Morgan fingerprint density at radius 1 is 1.41 bits per heavy atom. The van der Waals surface area contributed by atoms with Gasteiger partial charge in [-0.05, 0) is 17.7 Å². The number of aliphatic carboxylic acids is 1. The van der Waals surface area contributed by atoms with E-state index in [1.807, 2.05) is 0 Å². The van der Waals surface area contributed by atoms with Crippen LogP contribution in [0.3, 0.4) is 0 Å². The van der Waals surface area contributed by atoms with Crippen LogP contribution in [0.1, 0.15) is 12.5 Å². The number of hydrogen-bond donors (Lipinski definition) is 3. The number of carboxylic acid groups (broad SMARTS) is 1. The van der Waals surface area contributed by atoms with Crippen molar-refractivity contribution in [3.8, 4) is 0 Å². The highest BCUT2D eigenvalue weighted by Crippen LogP contribution is 2.12.